The van der Waals surface area contributed by atoms with E-state index in [0.29, 0.717) is 0 Å². The van der Waals surface area contributed by atoms with Crippen LogP contribution in [-0.2, 0) is 10.8 Å². The topological polar surface area (TPSA) is 8.17 Å². The Kier molecular flexibility index (Phi) is 8.66. The summed E-state index contributed by atoms with van der Waals surface area (Å²) in [5.41, 5.74) is 19.2. The lowest BCUT2D eigenvalue weighted by Crippen LogP contribution is -2.28. The molecule has 0 unspecified atom stereocenters. The Hall–Kier alpha value is -8.98. The van der Waals surface area contributed by atoms with Gasteiger partial charge in [-0.2, -0.15) is 0 Å². The van der Waals surface area contributed by atoms with E-state index in [1.54, 1.807) is 0 Å². The molecule has 0 radical (unpaired) electrons. The molecule has 1 aromatic heterocycles. The summed E-state index contributed by atoms with van der Waals surface area (Å²) in [6, 6.07) is 95.6. The van der Waals surface area contributed by atoms with Crippen molar-refractivity contribution in [1.82, 2.24) is 4.57 Å². The fourth-order valence-electron chi connectivity index (χ4n) is 13.3. The predicted molar refractivity (Wildman–Crippen MR) is 303 cm³/mol. The number of benzene rings is 12. The largest absolute Gasteiger partial charge is 0.310 e. The van der Waals surface area contributed by atoms with Gasteiger partial charge in [0.05, 0.1) is 16.4 Å². The third-order valence-electron chi connectivity index (χ3n) is 16.4. The van der Waals surface area contributed by atoms with Gasteiger partial charge in [-0.1, -0.05) is 202 Å². The molecule has 2 aliphatic carbocycles. The zero-order valence-corrected chi connectivity index (χ0v) is 40.1. The monoisotopic (exact) mass is 916 g/mol. The van der Waals surface area contributed by atoms with Crippen molar-refractivity contribution in [2.24, 2.45) is 0 Å². The number of fused-ring (bicyclic) bond motifs is 15. The predicted octanol–water partition coefficient (Wildman–Crippen LogP) is 18.4. The third kappa shape index (κ3) is 5.61. The van der Waals surface area contributed by atoms with Crippen molar-refractivity contribution in [3.8, 4) is 27.9 Å². The smallest absolute Gasteiger partial charge is 0.0713 e. The first-order valence-electron chi connectivity index (χ1n) is 25.3. The maximum absolute atomic E-state index is 2.51. The summed E-state index contributed by atoms with van der Waals surface area (Å²) in [5, 5.41) is 10.0. The minimum atomic E-state index is -0.527. The highest BCUT2D eigenvalue weighted by Crippen LogP contribution is 2.57. The van der Waals surface area contributed by atoms with Gasteiger partial charge in [-0.3, -0.25) is 0 Å². The minimum Gasteiger partial charge on any atom is -0.310 e. The molecule has 13 aromatic rings. The second-order valence-corrected chi connectivity index (χ2v) is 20.4. The molecule has 0 saturated carbocycles. The van der Waals surface area contributed by atoms with E-state index in [4.69, 9.17) is 0 Å². The molecule has 0 N–H and O–H groups in total. The van der Waals surface area contributed by atoms with Gasteiger partial charge in [0.1, 0.15) is 0 Å². The van der Waals surface area contributed by atoms with Crippen LogP contribution in [0.15, 0.2) is 255 Å². The molecule has 2 nitrogen and oxygen atoms in total. The molecule has 72 heavy (non-hydrogen) atoms. The van der Waals surface area contributed by atoms with Crippen LogP contribution in [0.2, 0.25) is 0 Å². The van der Waals surface area contributed by atoms with Gasteiger partial charge in [0.25, 0.3) is 0 Å². The number of nitrogens with zero attached hydrogens (tertiary/aromatic N) is 2. The first kappa shape index (κ1) is 40.9. The van der Waals surface area contributed by atoms with Gasteiger partial charge in [-0.15, -0.1) is 0 Å². The lowest BCUT2D eigenvalue weighted by Gasteiger charge is -2.34. The maximum atomic E-state index is 2.51. The summed E-state index contributed by atoms with van der Waals surface area (Å²) in [6.45, 7) is 4.76. The van der Waals surface area contributed by atoms with E-state index in [9.17, 15) is 0 Å². The van der Waals surface area contributed by atoms with Crippen LogP contribution in [0.1, 0.15) is 47.2 Å². The van der Waals surface area contributed by atoms with Crippen LogP contribution in [0.3, 0.4) is 0 Å². The zero-order chi connectivity index (χ0) is 47.7. The van der Waals surface area contributed by atoms with Gasteiger partial charge < -0.3 is 9.47 Å². The summed E-state index contributed by atoms with van der Waals surface area (Å²) < 4.78 is 2.46. The van der Waals surface area contributed by atoms with Crippen molar-refractivity contribution in [1.29, 1.82) is 0 Å². The highest BCUT2D eigenvalue weighted by Gasteiger charge is 2.46. The minimum absolute atomic E-state index is 0.165. The van der Waals surface area contributed by atoms with Crippen molar-refractivity contribution in [2.45, 2.75) is 24.7 Å². The standard InChI is InChI=1S/C70H48N2/c1-69(2)63-30-16-13-27-56(63)59-38-35-50(44-66(59)69)71(48-34-37-55-53-25-10-9-23-51(53)52-24-11-12-26-54(52)60(55)42-48)49-36-40-68-62(43-49)61-41-46(33-39-67(61)72(68)47-21-7-4-8-22-47)70(45-19-5-3-6-20-45)64-31-17-14-28-57(64)58-29-15-18-32-65(58)70/h3-44H,1-2H3. The zero-order valence-electron chi connectivity index (χ0n) is 40.1. The van der Waals surface area contributed by atoms with Gasteiger partial charge >= 0.3 is 0 Å². The van der Waals surface area contributed by atoms with E-state index in [0.717, 1.165) is 22.7 Å². The normalized spacial score (nSPS) is 13.9. The second kappa shape index (κ2) is 15.3. The van der Waals surface area contributed by atoms with E-state index in [1.807, 2.05) is 0 Å². The molecule has 0 atom stereocenters. The molecule has 2 aliphatic rings. The molecule has 0 fully saturated rings. The molecule has 0 spiro atoms. The van der Waals surface area contributed by atoms with E-state index in [-0.39, 0.29) is 5.41 Å². The summed E-state index contributed by atoms with van der Waals surface area (Å²) in [7, 11) is 0. The summed E-state index contributed by atoms with van der Waals surface area (Å²) in [6.07, 6.45) is 0. The highest BCUT2D eigenvalue weighted by molar-refractivity contribution is 6.26. The molecule has 15 rings (SSSR count). The highest BCUT2D eigenvalue weighted by atomic mass is 15.1. The van der Waals surface area contributed by atoms with Gasteiger partial charge in [0.2, 0.25) is 0 Å². The van der Waals surface area contributed by atoms with E-state index in [1.165, 1.54) is 110 Å². The Balaban J connectivity index is 1.02. The molecule has 0 aliphatic heterocycles. The maximum Gasteiger partial charge on any atom is 0.0713 e. The van der Waals surface area contributed by atoms with E-state index >= 15 is 0 Å². The Morgan fingerprint density at radius 3 is 1.36 bits per heavy atom. The van der Waals surface area contributed by atoms with Crippen molar-refractivity contribution in [3.63, 3.8) is 0 Å². The lowest BCUT2D eigenvalue weighted by atomic mass is 9.67. The number of hydrogen-bond acceptors (Lipinski definition) is 1. The fourth-order valence-corrected chi connectivity index (χ4v) is 13.3. The van der Waals surface area contributed by atoms with Gasteiger partial charge in [-0.25, -0.2) is 0 Å². The van der Waals surface area contributed by atoms with Crippen molar-refractivity contribution in [3.05, 3.63) is 288 Å². The van der Waals surface area contributed by atoms with Crippen molar-refractivity contribution < 1.29 is 0 Å². The number of hydrogen-bond donors (Lipinski definition) is 0. The SMILES string of the molecule is CC1(C)c2ccccc2-c2ccc(N(c3ccc4c5ccccc5c5ccccc5c4c3)c3ccc4c(c3)c3cc(C5(c6ccccc6)c6ccccc6-c6ccccc65)ccc3n4-c3ccccc3)cc21. The van der Waals surface area contributed by atoms with Crippen LogP contribution >= 0.6 is 0 Å². The Morgan fingerprint density at radius 1 is 0.292 bits per heavy atom. The molecule has 338 valence electrons. The number of anilines is 3. The number of para-hydroxylation sites is 1. The molecule has 1 heterocycles. The first-order valence-corrected chi connectivity index (χ1v) is 25.3. The van der Waals surface area contributed by atoms with Gasteiger partial charge in [0, 0.05) is 38.9 Å². The average molecular weight is 917 g/mol. The molecular formula is C70H48N2. The first-order chi connectivity index (χ1) is 35.5. The number of aromatic nitrogens is 1. The van der Waals surface area contributed by atoms with Crippen LogP contribution < -0.4 is 4.90 Å². The van der Waals surface area contributed by atoms with Gasteiger partial charge in [-0.05, 0) is 155 Å². The number of rotatable bonds is 6. The molecule has 2 heteroatoms. The molecule has 0 bridgehead atoms. The van der Waals surface area contributed by atoms with Crippen LogP contribution in [0.5, 0.6) is 0 Å². The molecule has 0 saturated heterocycles. The molecular weight excluding hydrogens is 869 g/mol. The van der Waals surface area contributed by atoms with Crippen molar-refractivity contribution >= 4 is 71.2 Å². The van der Waals surface area contributed by atoms with Gasteiger partial charge in [0.15, 0.2) is 0 Å². The summed E-state index contributed by atoms with van der Waals surface area (Å²) >= 11 is 0. The molecule has 0 amide bonds. The third-order valence-corrected chi connectivity index (χ3v) is 16.4. The summed E-state index contributed by atoms with van der Waals surface area (Å²) in [4.78, 5) is 2.51. The second-order valence-electron chi connectivity index (χ2n) is 20.4. The van der Waals surface area contributed by atoms with Crippen LogP contribution in [0.25, 0.3) is 82.1 Å². The molecule has 12 aromatic carbocycles. The quantitative estimate of drug-likeness (QED) is 0.151. The lowest BCUT2D eigenvalue weighted by molar-refractivity contribution is 0.660. The summed E-state index contributed by atoms with van der Waals surface area (Å²) in [5.74, 6) is 0. The van der Waals surface area contributed by atoms with Crippen molar-refractivity contribution in [2.75, 3.05) is 4.90 Å². The Labute approximate surface area is 419 Å². The van der Waals surface area contributed by atoms with Crippen LogP contribution in [0, 0.1) is 0 Å². The fraction of sp³-hybridized carbons (Fsp3) is 0.0571. The average Bonchev–Trinajstić information content (AvgIpc) is 4.02. The Bertz CT molecular complexity index is 4290. The van der Waals surface area contributed by atoms with E-state index in [2.05, 4.69) is 278 Å². The van der Waals surface area contributed by atoms with E-state index < -0.39 is 5.41 Å². The van der Waals surface area contributed by atoms with Crippen LogP contribution in [0.4, 0.5) is 17.1 Å². The van der Waals surface area contributed by atoms with Crippen LogP contribution in [-0.4, -0.2) is 4.57 Å². The Morgan fingerprint density at radius 2 is 0.722 bits per heavy atom.